The van der Waals surface area contributed by atoms with Crippen molar-refractivity contribution >= 4 is 22.8 Å². The number of fused-ring (bicyclic) bond motifs is 7. The van der Waals surface area contributed by atoms with Gasteiger partial charge in [0.15, 0.2) is 11.5 Å². The van der Waals surface area contributed by atoms with Crippen LogP contribution in [0, 0.1) is 0 Å². The van der Waals surface area contributed by atoms with E-state index in [9.17, 15) is 9.59 Å². The summed E-state index contributed by atoms with van der Waals surface area (Å²) < 4.78 is 16.5. The molecule has 1 amide bonds. The van der Waals surface area contributed by atoms with Crippen molar-refractivity contribution in [1.29, 1.82) is 0 Å². The standard InChI is InChI=1S/C24H24N2O5/c1-12(2)31-24(28)17-11-15-13-7-5-6-8-16(13)25-20(15)21-14-9-10-18(29-3)22(30-4)19(14)23(27)26(17)21/h5-10,12,17,21,25H,11H2,1-4H3/t17-,21+/m1/s1. The van der Waals surface area contributed by atoms with Crippen LogP contribution in [0.15, 0.2) is 36.4 Å². The van der Waals surface area contributed by atoms with Gasteiger partial charge in [0.2, 0.25) is 0 Å². The van der Waals surface area contributed by atoms with Gasteiger partial charge in [0.1, 0.15) is 6.04 Å². The van der Waals surface area contributed by atoms with E-state index in [-0.39, 0.29) is 12.0 Å². The molecule has 3 heterocycles. The molecule has 160 valence electrons. The predicted octanol–water partition coefficient (Wildman–Crippen LogP) is 3.61. The number of rotatable bonds is 4. The van der Waals surface area contributed by atoms with Gasteiger partial charge in [-0.1, -0.05) is 24.3 Å². The Kier molecular flexibility index (Phi) is 4.43. The summed E-state index contributed by atoms with van der Waals surface area (Å²) in [6.07, 6.45) is 0.116. The van der Waals surface area contributed by atoms with E-state index in [1.807, 2.05) is 44.2 Å². The van der Waals surface area contributed by atoms with Crippen molar-refractivity contribution in [3.05, 3.63) is 58.8 Å². The van der Waals surface area contributed by atoms with Gasteiger partial charge in [0, 0.05) is 23.0 Å². The summed E-state index contributed by atoms with van der Waals surface area (Å²) in [4.78, 5) is 31.9. The number of carbonyl (C=O) groups is 2. The zero-order valence-corrected chi connectivity index (χ0v) is 17.9. The lowest BCUT2D eigenvalue weighted by atomic mass is 9.90. The first kappa shape index (κ1) is 19.5. The first-order chi connectivity index (χ1) is 15.0. The third-order valence-electron chi connectivity index (χ3n) is 6.08. The first-order valence-corrected chi connectivity index (χ1v) is 10.3. The van der Waals surface area contributed by atoms with Crippen LogP contribution in [0.4, 0.5) is 0 Å². The van der Waals surface area contributed by atoms with Gasteiger partial charge in [0.05, 0.1) is 31.9 Å². The molecular formula is C24H24N2O5. The second kappa shape index (κ2) is 7.04. The van der Waals surface area contributed by atoms with Crippen LogP contribution in [0.25, 0.3) is 10.9 Å². The fourth-order valence-electron chi connectivity index (χ4n) is 4.88. The number of amides is 1. The largest absolute Gasteiger partial charge is 0.493 e. The van der Waals surface area contributed by atoms with Gasteiger partial charge in [-0.3, -0.25) is 4.79 Å². The molecule has 31 heavy (non-hydrogen) atoms. The Hall–Kier alpha value is -3.48. The number of hydrogen-bond donors (Lipinski definition) is 1. The van der Waals surface area contributed by atoms with Crippen molar-refractivity contribution in [1.82, 2.24) is 9.88 Å². The van der Waals surface area contributed by atoms with Crippen molar-refractivity contribution in [3.8, 4) is 11.5 Å². The summed E-state index contributed by atoms with van der Waals surface area (Å²) in [7, 11) is 3.05. The Morgan fingerprint density at radius 2 is 1.90 bits per heavy atom. The zero-order valence-electron chi connectivity index (χ0n) is 17.9. The lowest BCUT2D eigenvalue weighted by Gasteiger charge is -2.36. The number of para-hydroxylation sites is 1. The lowest BCUT2D eigenvalue weighted by molar-refractivity contribution is -0.153. The number of aromatic nitrogens is 1. The molecule has 0 saturated heterocycles. The SMILES string of the molecule is COc1ccc2c(c1OC)C(=O)N1[C@@H]2c2[nH]c3ccccc3c2C[C@@H]1C(=O)OC(C)C. The maximum atomic E-state index is 13.7. The Morgan fingerprint density at radius 3 is 2.61 bits per heavy atom. The highest BCUT2D eigenvalue weighted by Crippen LogP contribution is 2.50. The highest BCUT2D eigenvalue weighted by Gasteiger charge is 2.51. The van der Waals surface area contributed by atoms with Crippen molar-refractivity contribution in [3.63, 3.8) is 0 Å². The molecule has 0 aliphatic carbocycles. The van der Waals surface area contributed by atoms with Gasteiger partial charge in [-0.25, -0.2) is 4.79 Å². The van der Waals surface area contributed by atoms with Crippen molar-refractivity contribution in [2.75, 3.05) is 14.2 Å². The van der Waals surface area contributed by atoms with Gasteiger partial charge >= 0.3 is 5.97 Å². The topological polar surface area (TPSA) is 80.9 Å². The van der Waals surface area contributed by atoms with E-state index in [0.29, 0.717) is 23.5 Å². The van der Waals surface area contributed by atoms with E-state index < -0.39 is 18.1 Å². The molecule has 1 aromatic heterocycles. The Labute approximate surface area is 179 Å². The molecule has 3 aromatic rings. The molecule has 0 bridgehead atoms. The lowest BCUT2D eigenvalue weighted by Crippen LogP contribution is -2.49. The number of benzene rings is 2. The highest BCUT2D eigenvalue weighted by atomic mass is 16.5. The van der Waals surface area contributed by atoms with E-state index in [4.69, 9.17) is 14.2 Å². The number of methoxy groups -OCH3 is 2. The fourth-order valence-corrected chi connectivity index (χ4v) is 4.88. The van der Waals surface area contributed by atoms with Gasteiger partial charge in [0.25, 0.3) is 5.91 Å². The van der Waals surface area contributed by atoms with Gasteiger partial charge in [-0.2, -0.15) is 0 Å². The maximum absolute atomic E-state index is 13.7. The minimum absolute atomic E-state index is 0.259. The van der Waals surface area contributed by atoms with Crippen LogP contribution in [0.5, 0.6) is 11.5 Å². The summed E-state index contributed by atoms with van der Waals surface area (Å²) in [6, 6.07) is 10.5. The molecule has 2 atom stereocenters. The van der Waals surface area contributed by atoms with Crippen LogP contribution >= 0.6 is 0 Å². The molecule has 7 nitrogen and oxygen atoms in total. The van der Waals surface area contributed by atoms with E-state index >= 15 is 0 Å². The van der Waals surface area contributed by atoms with E-state index in [1.165, 1.54) is 14.2 Å². The summed E-state index contributed by atoms with van der Waals surface area (Å²) in [6.45, 7) is 3.62. The molecule has 1 N–H and O–H groups in total. The summed E-state index contributed by atoms with van der Waals surface area (Å²) in [5.41, 5.74) is 4.16. The van der Waals surface area contributed by atoms with Crippen LogP contribution < -0.4 is 9.47 Å². The second-order valence-corrected chi connectivity index (χ2v) is 8.15. The number of carbonyl (C=O) groups excluding carboxylic acids is 2. The average Bonchev–Trinajstić information content (AvgIpc) is 3.27. The van der Waals surface area contributed by atoms with Crippen molar-refractivity contribution in [2.24, 2.45) is 0 Å². The minimum Gasteiger partial charge on any atom is -0.493 e. The maximum Gasteiger partial charge on any atom is 0.329 e. The molecule has 2 aliphatic rings. The predicted molar refractivity (Wildman–Crippen MR) is 115 cm³/mol. The van der Waals surface area contributed by atoms with Crippen LogP contribution in [0.2, 0.25) is 0 Å². The number of esters is 1. The molecule has 0 saturated carbocycles. The Balaban J connectivity index is 1.76. The number of hydrogen-bond acceptors (Lipinski definition) is 5. The number of ether oxygens (including phenoxy) is 3. The average molecular weight is 420 g/mol. The van der Waals surface area contributed by atoms with Gasteiger partial charge in [-0.05, 0) is 37.1 Å². The summed E-state index contributed by atoms with van der Waals surface area (Å²) >= 11 is 0. The van der Waals surface area contributed by atoms with Crippen molar-refractivity contribution < 1.29 is 23.8 Å². The van der Waals surface area contributed by atoms with E-state index in [1.54, 1.807) is 11.0 Å². The number of nitrogens with zero attached hydrogens (tertiary/aromatic N) is 1. The minimum atomic E-state index is -0.727. The van der Waals surface area contributed by atoms with Crippen molar-refractivity contribution in [2.45, 2.75) is 38.5 Å². The van der Waals surface area contributed by atoms with Crippen LogP contribution in [0.3, 0.4) is 0 Å². The normalized spacial score (nSPS) is 19.3. The molecule has 2 aromatic carbocycles. The Bertz CT molecular complexity index is 1210. The van der Waals surface area contributed by atoms with Crippen LogP contribution in [-0.4, -0.2) is 48.1 Å². The molecule has 5 rings (SSSR count). The quantitative estimate of drug-likeness (QED) is 0.652. The number of nitrogens with one attached hydrogen (secondary N) is 1. The summed E-state index contributed by atoms with van der Waals surface area (Å²) in [5.74, 6) is 0.203. The van der Waals surface area contributed by atoms with Gasteiger partial charge in [-0.15, -0.1) is 0 Å². The molecule has 0 spiro atoms. The highest BCUT2D eigenvalue weighted by molar-refractivity contribution is 6.06. The smallest absolute Gasteiger partial charge is 0.329 e. The third kappa shape index (κ3) is 2.72. The molecule has 0 fully saturated rings. The monoisotopic (exact) mass is 420 g/mol. The summed E-state index contributed by atoms with van der Waals surface area (Å²) in [5, 5.41) is 1.06. The molecular weight excluding hydrogens is 396 g/mol. The Morgan fingerprint density at radius 1 is 1.13 bits per heavy atom. The number of H-pyrrole nitrogens is 1. The van der Waals surface area contributed by atoms with E-state index in [0.717, 1.165) is 27.7 Å². The molecule has 0 radical (unpaired) electrons. The second-order valence-electron chi connectivity index (χ2n) is 8.15. The molecule has 0 unspecified atom stereocenters. The first-order valence-electron chi connectivity index (χ1n) is 10.3. The van der Waals surface area contributed by atoms with E-state index in [2.05, 4.69) is 4.98 Å². The third-order valence-corrected chi connectivity index (χ3v) is 6.08. The van der Waals surface area contributed by atoms with Gasteiger partial charge < -0.3 is 24.1 Å². The molecule has 2 aliphatic heterocycles. The van der Waals surface area contributed by atoms with Crippen LogP contribution in [0.1, 0.15) is 47.1 Å². The zero-order chi connectivity index (χ0) is 21.9. The molecule has 7 heteroatoms. The fraction of sp³-hybridized carbons (Fsp3) is 0.333. The van der Waals surface area contributed by atoms with Crippen LogP contribution in [-0.2, 0) is 16.0 Å². The number of aromatic amines is 1.